The van der Waals surface area contributed by atoms with Gasteiger partial charge in [0, 0.05) is 19.2 Å². The van der Waals surface area contributed by atoms with Crippen molar-refractivity contribution in [1.82, 2.24) is 4.90 Å². The number of hydrogen-bond acceptors (Lipinski definition) is 4. The molecule has 0 bridgehead atoms. The van der Waals surface area contributed by atoms with Crippen molar-refractivity contribution in [2.45, 2.75) is 51.2 Å². The number of carbonyl (C=O) groups is 1. The van der Waals surface area contributed by atoms with Crippen molar-refractivity contribution >= 4 is 17.7 Å². The van der Waals surface area contributed by atoms with E-state index < -0.39 is 5.97 Å². The molecular weight excluding hydrogens is 274 g/mol. The smallest absolute Gasteiger partial charge is 0.307 e. The zero-order valence-corrected chi connectivity index (χ0v) is 13.5. The molecule has 0 amide bonds. The Bertz CT molecular complexity index is 326. The third kappa shape index (κ3) is 3.89. The number of aliphatic carboxylic acids is 1. The van der Waals surface area contributed by atoms with Crippen LogP contribution in [-0.4, -0.2) is 58.8 Å². The second-order valence-electron chi connectivity index (χ2n) is 6.12. The Balaban J connectivity index is 1.96. The third-order valence-electron chi connectivity index (χ3n) is 4.72. The molecule has 2 fully saturated rings. The van der Waals surface area contributed by atoms with Gasteiger partial charge in [0.15, 0.2) is 0 Å². The van der Waals surface area contributed by atoms with Gasteiger partial charge in [0.05, 0.1) is 11.5 Å². The molecule has 0 radical (unpaired) electrons. The predicted octanol–water partition coefficient (Wildman–Crippen LogP) is 2.47. The van der Waals surface area contributed by atoms with Gasteiger partial charge in [-0.05, 0) is 43.7 Å². The summed E-state index contributed by atoms with van der Waals surface area (Å²) < 4.78 is 6.13. The van der Waals surface area contributed by atoms with Crippen molar-refractivity contribution in [2.24, 2.45) is 5.92 Å². The Labute approximate surface area is 126 Å². The largest absolute Gasteiger partial charge is 0.481 e. The van der Waals surface area contributed by atoms with E-state index in [9.17, 15) is 4.79 Å². The lowest BCUT2D eigenvalue weighted by molar-refractivity contribution is -0.143. The second-order valence-corrected chi connectivity index (χ2v) is 7.34. The van der Waals surface area contributed by atoms with Gasteiger partial charge >= 0.3 is 5.97 Å². The average molecular weight is 301 g/mol. The van der Waals surface area contributed by atoms with Crippen molar-refractivity contribution in [1.29, 1.82) is 0 Å². The zero-order valence-electron chi connectivity index (χ0n) is 12.6. The summed E-state index contributed by atoms with van der Waals surface area (Å²) in [6.45, 7) is 6.34. The fourth-order valence-electron chi connectivity index (χ4n) is 3.37. The predicted molar refractivity (Wildman–Crippen MR) is 82.3 cm³/mol. The molecule has 0 aromatic rings. The summed E-state index contributed by atoms with van der Waals surface area (Å²) in [7, 11) is 0. The molecule has 2 heterocycles. The van der Waals surface area contributed by atoms with Gasteiger partial charge < -0.3 is 9.84 Å². The number of rotatable bonds is 5. The maximum Gasteiger partial charge on any atom is 0.307 e. The number of ether oxygens (including phenoxy) is 1. The number of nitrogens with zero attached hydrogens (tertiary/aromatic N) is 1. The summed E-state index contributed by atoms with van der Waals surface area (Å²) in [5.74, 6) is 1.41. The van der Waals surface area contributed by atoms with Crippen LogP contribution in [0.25, 0.3) is 0 Å². The van der Waals surface area contributed by atoms with Crippen LogP contribution in [0.4, 0.5) is 0 Å². The van der Waals surface area contributed by atoms with E-state index in [-0.39, 0.29) is 11.5 Å². The molecule has 0 aromatic carbocycles. The minimum Gasteiger partial charge on any atom is -0.481 e. The van der Waals surface area contributed by atoms with E-state index in [4.69, 9.17) is 9.84 Å². The van der Waals surface area contributed by atoms with Crippen LogP contribution in [0.2, 0.25) is 0 Å². The molecule has 2 aliphatic heterocycles. The summed E-state index contributed by atoms with van der Waals surface area (Å²) in [4.78, 5) is 13.4. The molecule has 2 unspecified atom stereocenters. The Kier molecular flexibility index (Phi) is 5.75. The first-order valence-electron chi connectivity index (χ1n) is 7.75. The van der Waals surface area contributed by atoms with Gasteiger partial charge in [-0.25, -0.2) is 0 Å². The van der Waals surface area contributed by atoms with Gasteiger partial charge in [-0.3, -0.25) is 9.69 Å². The number of hydrogen-bond donors (Lipinski definition) is 1. The first-order valence-corrected chi connectivity index (χ1v) is 8.90. The van der Waals surface area contributed by atoms with Gasteiger partial charge in [0.2, 0.25) is 0 Å². The van der Waals surface area contributed by atoms with Crippen LogP contribution in [0.3, 0.4) is 0 Å². The first kappa shape index (κ1) is 16.1. The summed E-state index contributed by atoms with van der Waals surface area (Å²) in [5, 5.41) is 9.11. The monoisotopic (exact) mass is 301 g/mol. The normalized spacial score (nSPS) is 27.6. The SMILES string of the molecule is CCN(CC(C)C(=O)O)C1CCOC2(CCSCC2)C1. The maximum absolute atomic E-state index is 11.1. The van der Waals surface area contributed by atoms with Gasteiger partial charge in [0.1, 0.15) is 0 Å². The van der Waals surface area contributed by atoms with E-state index in [2.05, 4.69) is 11.8 Å². The quantitative estimate of drug-likeness (QED) is 0.845. The molecule has 5 heteroatoms. The lowest BCUT2D eigenvalue weighted by Gasteiger charge is -2.46. The topological polar surface area (TPSA) is 49.8 Å². The Morgan fingerprint density at radius 3 is 2.80 bits per heavy atom. The van der Waals surface area contributed by atoms with Crippen molar-refractivity contribution in [3.63, 3.8) is 0 Å². The van der Waals surface area contributed by atoms with Crippen molar-refractivity contribution in [2.75, 3.05) is 31.2 Å². The minimum absolute atomic E-state index is 0.0774. The lowest BCUT2D eigenvalue weighted by atomic mass is 9.84. The molecule has 116 valence electrons. The molecule has 2 aliphatic rings. The summed E-state index contributed by atoms with van der Waals surface area (Å²) in [5.41, 5.74) is 0.0774. The minimum atomic E-state index is -0.695. The molecule has 0 saturated carbocycles. The van der Waals surface area contributed by atoms with Crippen LogP contribution < -0.4 is 0 Å². The summed E-state index contributed by atoms with van der Waals surface area (Å²) in [6, 6.07) is 0.485. The van der Waals surface area contributed by atoms with Gasteiger partial charge in [-0.1, -0.05) is 13.8 Å². The highest BCUT2D eigenvalue weighted by atomic mass is 32.2. The highest BCUT2D eigenvalue weighted by Crippen LogP contribution is 2.38. The van der Waals surface area contributed by atoms with E-state index in [1.165, 1.54) is 11.5 Å². The first-order chi connectivity index (χ1) is 9.56. The van der Waals surface area contributed by atoms with E-state index in [1.807, 2.05) is 11.8 Å². The average Bonchev–Trinajstić information content (AvgIpc) is 2.45. The molecule has 20 heavy (non-hydrogen) atoms. The molecule has 0 aliphatic carbocycles. The highest BCUT2D eigenvalue weighted by molar-refractivity contribution is 7.99. The summed E-state index contributed by atoms with van der Waals surface area (Å²) in [6.07, 6.45) is 4.42. The molecular formula is C15H27NO3S. The van der Waals surface area contributed by atoms with Crippen LogP contribution in [0.15, 0.2) is 0 Å². The molecule has 0 aromatic heterocycles. The standard InChI is InChI=1S/C15H27NO3S/c1-3-16(11-12(2)14(17)18)13-4-7-19-15(10-13)5-8-20-9-6-15/h12-13H,3-11H2,1-2H3,(H,17,18). The lowest BCUT2D eigenvalue weighted by Crippen LogP contribution is -2.51. The Hall–Kier alpha value is -0.260. The fourth-order valence-corrected chi connectivity index (χ4v) is 4.61. The molecule has 1 N–H and O–H groups in total. The van der Waals surface area contributed by atoms with Crippen molar-refractivity contribution in [3.05, 3.63) is 0 Å². The van der Waals surface area contributed by atoms with Gasteiger partial charge in [0.25, 0.3) is 0 Å². The van der Waals surface area contributed by atoms with E-state index >= 15 is 0 Å². The Morgan fingerprint density at radius 1 is 1.50 bits per heavy atom. The zero-order chi connectivity index (χ0) is 14.6. The van der Waals surface area contributed by atoms with Gasteiger partial charge in [-0.2, -0.15) is 11.8 Å². The fraction of sp³-hybridized carbons (Fsp3) is 0.933. The van der Waals surface area contributed by atoms with Crippen molar-refractivity contribution < 1.29 is 14.6 Å². The molecule has 2 atom stereocenters. The molecule has 4 nitrogen and oxygen atoms in total. The highest BCUT2D eigenvalue weighted by Gasteiger charge is 2.40. The van der Waals surface area contributed by atoms with Crippen LogP contribution in [0.5, 0.6) is 0 Å². The van der Waals surface area contributed by atoms with E-state index in [0.29, 0.717) is 12.6 Å². The molecule has 1 spiro atoms. The van der Waals surface area contributed by atoms with Crippen LogP contribution in [0, 0.1) is 5.92 Å². The van der Waals surface area contributed by atoms with Crippen LogP contribution in [-0.2, 0) is 9.53 Å². The van der Waals surface area contributed by atoms with E-state index in [1.54, 1.807) is 6.92 Å². The Morgan fingerprint density at radius 2 is 2.20 bits per heavy atom. The number of thioether (sulfide) groups is 1. The van der Waals surface area contributed by atoms with Gasteiger partial charge in [-0.15, -0.1) is 0 Å². The van der Waals surface area contributed by atoms with Crippen molar-refractivity contribution in [3.8, 4) is 0 Å². The summed E-state index contributed by atoms with van der Waals surface area (Å²) >= 11 is 2.02. The number of carboxylic acids is 1. The molecule has 2 saturated heterocycles. The number of carboxylic acid groups (broad SMARTS) is 1. The van der Waals surface area contributed by atoms with E-state index in [0.717, 1.165) is 38.8 Å². The third-order valence-corrected chi connectivity index (χ3v) is 5.71. The molecule has 2 rings (SSSR count). The second kappa shape index (κ2) is 7.14. The van der Waals surface area contributed by atoms with Crippen LogP contribution >= 0.6 is 11.8 Å². The van der Waals surface area contributed by atoms with Crippen LogP contribution in [0.1, 0.15) is 39.5 Å². The maximum atomic E-state index is 11.1.